The molecule has 2 heterocycles. The lowest BCUT2D eigenvalue weighted by molar-refractivity contribution is -0.142. The summed E-state index contributed by atoms with van der Waals surface area (Å²) >= 11 is 0. The fourth-order valence-electron chi connectivity index (χ4n) is 4.01. The molecule has 0 radical (unpaired) electrons. The van der Waals surface area contributed by atoms with Crippen LogP contribution in [-0.4, -0.2) is 33.0 Å². The van der Waals surface area contributed by atoms with E-state index in [9.17, 15) is 9.59 Å². The molecule has 4 rings (SSSR count). The second-order valence-electron chi connectivity index (χ2n) is 8.49. The largest absolute Gasteiger partial charge is 0.350 e. The minimum atomic E-state index is -0.481. The van der Waals surface area contributed by atoms with Crippen molar-refractivity contribution in [1.82, 2.24) is 20.4 Å². The minimum Gasteiger partial charge on any atom is -0.350 e. The van der Waals surface area contributed by atoms with E-state index in [0.717, 1.165) is 27.9 Å². The SMILES string of the molecule is CC(C)CC(=O)N1Cc2ccccc2CC1C(=O)NCc1ccc(-c2ccn[nH]2)cc1. The van der Waals surface area contributed by atoms with E-state index in [1.54, 1.807) is 11.1 Å². The van der Waals surface area contributed by atoms with Crippen LogP contribution in [0.1, 0.15) is 37.0 Å². The standard InChI is InChI=1S/C25H28N4O2/c1-17(2)13-24(30)29-16-21-6-4-3-5-20(21)14-23(29)25(31)26-15-18-7-9-19(10-8-18)22-11-12-27-28-22/h3-12,17,23H,13-16H2,1-2H3,(H,26,31)(H,27,28). The van der Waals surface area contributed by atoms with E-state index in [0.29, 0.717) is 25.9 Å². The van der Waals surface area contributed by atoms with Gasteiger partial charge in [0, 0.05) is 32.1 Å². The number of fused-ring (bicyclic) bond motifs is 1. The van der Waals surface area contributed by atoms with E-state index in [2.05, 4.69) is 15.5 Å². The van der Waals surface area contributed by atoms with Gasteiger partial charge in [-0.3, -0.25) is 14.7 Å². The summed E-state index contributed by atoms with van der Waals surface area (Å²) < 4.78 is 0. The molecule has 0 spiro atoms. The molecule has 3 aromatic rings. The molecule has 6 heteroatoms. The molecule has 1 unspecified atom stereocenters. The Bertz CT molecular complexity index is 1040. The smallest absolute Gasteiger partial charge is 0.243 e. The first kappa shape index (κ1) is 20.8. The van der Waals surface area contributed by atoms with Gasteiger partial charge in [0.1, 0.15) is 6.04 Å². The van der Waals surface area contributed by atoms with Crippen LogP contribution < -0.4 is 5.32 Å². The fraction of sp³-hybridized carbons (Fsp3) is 0.320. The minimum absolute atomic E-state index is 0.0357. The zero-order chi connectivity index (χ0) is 21.8. The first-order chi connectivity index (χ1) is 15.0. The third kappa shape index (κ3) is 4.85. The molecule has 2 N–H and O–H groups in total. The van der Waals surface area contributed by atoms with E-state index < -0.39 is 6.04 Å². The van der Waals surface area contributed by atoms with Gasteiger partial charge in [0.25, 0.3) is 0 Å². The molecule has 1 aliphatic heterocycles. The van der Waals surface area contributed by atoms with Gasteiger partial charge in [0.2, 0.25) is 11.8 Å². The van der Waals surface area contributed by atoms with E-state index in [1.807, 2.05) is 68.4 Å². The van der Waals surface area contributed by atoms with Crippen molar-refractivity contribution >= 4 is 11.8 Å². The Morgan fingerprint density at radius 3 is 2.52 bits per heavy atom. The molecule has 31 heavy (non-hydrogen) atoms. The molecule has 0 saturated heterocycles. The second-order valence-corrected chi connectivity index (χ2v) is 8.49. The number of carbonyl (C=O) groups excluding carboxylic acids is 2. The van der Waals surface area contributed by atoms with E-state index in [4.69, 9.17) is 0 Å². The molecule has 2 aromatic carbocycles. The fourth-order valence-corrected chi connectivity index (χ4v) is 4.01. The number of amides is 2. The maximum atomic E-state index is 13.1. The van der Waals surface area contributed by atoms with Gasteiger partial charge in [-0.05, 0) is 34.2 Å². The van der Waals surface area contributed by atoms with Crippen molar-refractivity contribution < 1.29 is 9.59 Å². The Balaban J connectivity index is 1.45. The van der Waals surface area contributed by atoms with Crippen molar-refractivity contribution in [2.24, 2.45) is 5.92 Å². The zero-order valence-electron chi connectivity index (χ0n) is 18.0. The van der Waals surface area contributed by atoms with Gasteiger partial charge in [-0.1, -0.05) is 62.4 Å². The topological polar surface area (TPSA) is 78.1 Å². The molecule has 1 aromatic heterocycles. The predicted octanol–water partition coefficient (Wildman–Crippen LogP) is 3.69. The highest BCUT2D eigenvalue weighted by molar-refractivity contribution is 5.88. The lowest BCUT2D eigenvalue weighted by Crippen LogP contribution is -2.52. The molecular formula is C25H28N4O2. The van der Waals surface area contributed by atoms with Crippen molar-refractivity contribution in [3.8, 4) is 11.3 Å². The van der Waals surface area contributed by atoms with Crippen molar-refractivity contribution in [2.45, 2.75) is 45.8 Å². The maximum Gasteiger partial charge on any atom is 0.243 e. The molecule has 6 nitrogen and oxygen atoms in total. The monoisotopic (exact) mass is 416 g/mol. The summed E-state index contributed by atoms with van der Waals surface area (Å²) in [6, 6.07) is 17.5. The summed E-state index contributed by atoms with van der Waals surface area (Å²) in [5, 5.41) is 9.96. The number of aromatic nitrogens is 2. The first-order valence-corrected chi connectivity index (χ1v) is 10.7. The van der Waals surface area contributed by atoms with Crippen molar-refractivity contribution in [2.75, 3.05) is 0 Å². The lowest BCUT2D eigenvalue weighted by atomic mass is 9.92. The van der Waals surface area contributed by atoms with Gasteiger partial charge >= 0.3 is 0 Å². The number of aromatic amines is 1. The molecular weight excluding hydrogens is 388 g/mol. The summed E-state index contributed by atoms with van der Waals surface area (Å²) in [4.78, 5) is 27.8. The van der Waals surface area contributed by atoms with Gasteiger partial charge in [-0.2, -0.15) is 5.10 Å². The van der Waals surface area contributed by atoms with Crippen LogP contribution in [0.5, 0.6) is 0 Å². The van der Waals surface area contributed by atoms with Gasteiger partial charge in [-0.15, -0.1) is 0 Å². The summed E-state index contributed by atoms with van der Waals surface area (Å²) in [6.07, 6.45) is 2.71. The molecule has 0 fully saturated rings. The van der Waals surface area contributed by atoms with Gasteiger partial charge in [0.05, 0.1) is 5.69 Å². The number of nitrogens with one attached hydrogen (secondary N) is 2. The number of rotatable bonds is 6. The van der Waals surface area contributed by atoms with Crippen molar-refractivity contribution in [3.63, 3.8) is 0 Å². The maximum absolute atomic E-state index is 13.1. The van der Waals surface area contributed by atoms with Crippen LogP contribution in [0.4, 0.5) is 0 Å². The predicted molar refractivity (Wildman–Crippen MR) is 120 cm³/mol. The Labute approximate surface area is 182 Å². The van der Waals surface area contributed by atoms with Gasteiger partial charge in [0.15, 0.2) is 0 Å². The average molecular weight is 417 g/mol. The third-order valence-corrected chi connectivity index (χ3v) is 5.69. The third-order valence-electron chi connectivity index (χ3n) is 5.69. The Hall–Kier alpha value is -3.41. The molecule has 1 aliphatic rings. The number of nitrogens with zero attached hydrogens (tertiary/aromatic N) is 2. The van der Waals surface area contributed by atoms with Crippen LogP contribution in [0.2, 0.25) is 0 Å². The molecule has 160 valence electrons. The summed E-state index contributed by atoms with van der Waals surface area (Å²) in [5.41, 5.74) is 5.27. The molecule has 0 saturated carbocycles. The van der Waals surface area contributed by atoms with Crippen LogP contribution >= 0.6 is 0 Å². The average Bonchev–Trinajstić information content (AvgIpc) is 3.31. The zero-order valence-corrected chi connectivity index (χ0v) is 18.0. The summed E-state index contributed by atoms with van der Waals surface area (Å²) in [6.45, 7) is 4.96. The molecule has 1 atom stereocenters. The number of H-pyrrole nitrogens is 1. The lowest BCUT2D eigenvalue weighted by Gasteiger charge is -2.36. The van der Waals surface area contributed by atoms with Crippen LogP contribution in [0, 0.1) is 5.92 Å². The van der Waals surface area contributed by atoms with Crippen LogP contribution in [-0.2, 0) is 29.1 Å². The van der Waals surface area contributed by atoms with Crippen molar-refractivity contribution in [3.05, 3.63) is 77.5 Å². The summed E-state index contributed by atoms with van der Waals surface area (Å²) in [7, 11) is 0. The van der Waals surface area contributed by atoms with E-state index >= 15 is 0 Å². The highest BCUT2D eigenvalue weighted by Crippen LogP contribution is 2.25. The number of benzene rings is 2. The molecule has 0 aliphatic carbocycles. The first-order valence-electron chi connectivity index (χ1n) is 10.7. The summed E-state index contributed by atoms with van der Waals surface area (Å²) in [5.74, 6) is 0.180. The second kappa shape index (κ2) is 9.16. The Morgan fingerprint density at radius 1 is 1.10 bits per heavy atom. The van der Waals surface area contributed by atoms with E-state index in [-0.39, 0.29) is 17.7 Å². The Kier molecular flexibility index (Phi) is 6.16. The van der Waals surface area contributed by atoms with Gasteiger partial charge < -0.3 is 10.2 Å². The number of hydrogen-bond donors (Lipinski definition) is 2. The van der Waals surface area contributed by atoms with E-state index in [1.165, 1.54) is 0 Å². The quantitative estimate of drug-likeness (QED) is 0.643. The Morgan fingerprint density at radius 2 is 1.84 bits per heavy atom. The highest BCUT2D eigenvalue weighted by Gasteiger charge is 2.34. The number of carbonyl (C=O) groups is 2. The van der Waals surface area contributed by atoms with Crippen LogP contribution in [0.25, 0.3) is 11.3 Å². The molecule has 0 bridgehead atoms. The van der Waals surface area contributed by atoms with Gasteiger partial charge in [-0.25, -0.2) is 0 Å². The van der Waals surface area contributed by atoms with Crippen molar-refractivity contribution in [1.29, 1.82) is 0 Å². The van der Waals surface area contributed by atoms with Crippen LogP contribution in [0.15, 0.2) is 60.8 Å². The number of hydrogen-bond acceptors (Lipinski definition) is 3. The molecule has 2 amide bonds. The highest BCUT2D eigenvalue weighted by atomic mass is 16.2. The van der Waals surface area contributed by atoms with Crippen LogP contribution in [0.3, 0.4) is 0 Å². The normalized spacial score (nSPS) is 15.6.